The zero-order valence-electron chi connectivity index (χ0n) is 14.1. The van der Waals surface area contributed by atoms with Gasteiger partial charge in [-0.1, -0.05) is 29.8 Å². The number of pyridine rings is 2. The number of nitrogens with one attached hydrogen (secondary N) is 1. The van der Waals surface area contributed by atoms with Crippen LogP contribution in [0.2, 0.25) is 0 Å². The number of amides is 1. The van der Waals surface area contributed by atoms with Crippen LogP contribution in [0.1, 0.15) is 21.6 Å². The molecule has 0 spiro atoms. The minimum absolute atomic E-state index is 0.153. The normalized spacial score (nSPS) is 11.0. The highest BCUT2D eigenvalue weighted by molar-refractivity contribution is 6.14. The Morgan fingerprint density at radius 1 is 1.00 bits per heavy atom. The molecular formula is C21H17N3O. The monoisotopic (exact) mass is 327 g/mol. The van der Waals surface area contributed by atoms with Crippen LogP contribution in [0.25, 0.3) is 21.8 Å². The Labute approximate surface area is 145 Å². The highest BCUT2D eigenvalue weighted by Gasteiger charge is 2.14. The lowest BCUT2D eigenvalue weighted by molar-refractivity contribution is 0.102. The Morgan fingerprint density at radius 3 is 2.72 bits per heavy atom. The van der Waals surface area contributed by atoms with Crippen molar-refractivity contribution in [2.75, 3.05) is 5.32 Å². The van der Waals surface area contributed by atoms with E-state index in [-0.39, 0.29) is 5.91 Å². The zero-order chi connectivity index (χ0) is 17.4. The van der Waals surface area contributed by atoms with Crippen molar-refractivity contribution >= 4 is 33.4 Å². The first-order valence-corrected chi connectivity index (χ1v) is 8.15. The van der Waals surface area contributed by atoms with E-state index in [0.29, 0.717) is 11.3 Å². The third-order valence-electron chi connectivity index (χ3n) is 4.22. The van der Waals surface area contributed by atoms with Gasteiger partial charge in [-0.25, -0.2) is 0 Å². The van der Waals surface area contributed by atoms with Gasteiger partial charge < -0.3 is 5.32 Å². The molecule has 0 bridgehead atoms. The molecule has 0 aliphatic carbocycles. The van der Waals surface area contributed by atoms with Crippen LogP contribution < -0.4 is 5.32 Å². The zero-order valence-corrected chi connectivity index (χ0v) is 14.1. The number of aryl methyl sites for hydroxylation is 2. The van der Waals surface area contributed by atoms with E-state index in [0.717, 1.165) is 33.1 Å². The van der Waals surface area contributed by atoms with Gasteiger partial charge in [0.2, 0.25) is 0 Å². The molecule has 0 unspecified atom stereocenters. The molecule has 0 aliphatic rings. The summed E-state index contributed by atoms with van der Waals surface area (Å²) < 4.78 is 0. The van der Waals surface area contributed by atoms with Crippen molar-refractivity contribution < 1.29 is 4.79 Å². The predicted octanol–water partition coefficient (Wildman–Crippen LogP) is 4.65. The van der Waals surface area contributed by atoms with E-state index in [1.165, 1.54) is 0 Å². The lowest BCUT2D eigenvalue weighted by atomic mass is 10.0. The summed E-state index contributed by atoms with van der Waals surface area (Å²) in [5, 5.41) is 4.86. The van der Waals surface area contributed by atoms with Gasteiger partial charge in [-0.2, -0.15) is 0 Å². The molecule has 1 N–H and O–H groups in total. The number of aromatic nitrogens is 2. The molecule has 1 amide bonds. The first kappa shape index (κ1) is 15.3. The number of hydrogen-bond acceptors (Lipinski definition) is 3. The fourth-order valence-electron chi connectivity index (χ4n) is 3.05. The molecule has 0 aliphatic heterocycles. The Balaban J connectivity index is 1.81. The van der Waals surface area contributed by atoms with Gasteiger partial charge in [0.15, 0.2) is 0 Å². The smallest absolute Gasteiger partial charge is 0.256 e. The van der Waals surface area contributed by atoms with Crippen molar-refractivity contribution in [3.63, 3.8) is 0 Å². The summed E-state index contributed by atoms with van der Waals surface area (Å²) in [6.07, 6.45) is 1.73. The summed E-state index contributed by atoms with van der Waals surface area (Å²) in [6, 6.07) is 17.4. The number of carbonyl (C=O) groups excluding carboxylic acids is 1. The van der Waals surface area contributed by atoms with E-state index in [9.17, 15) is 4.79 Å². The van der Waals surface area contributed by atoms with Crippen LogP contribution in [0, 0.1) is 13.8 Å². The van der Waals surface area contributed by atoms with E-state index >= 15 is 0 Å². The van der Waals surface area contributed by atoms with Gasteiger partial charge in [0.25, 0.3) is 5.91 Å². The average molecular weight is 327 g/mol. The van der Waals surface area contributed by atoms with Crippen LogP contribution in [0.15, 0.2) is 60.8 Å². The lowest BCUT2D eigenvalue weighted by Crippen LogP contribution is -2.13. The predicted molar refractivity (Wildman–Crippen MR) is 101 cm³/mol. The Bertz CT molecular complexity index is 1110. The van der Waals surface area contributed by atoms with Crippen molar-refractivity contribution in [2.45, 2.75) is 13.8 Å². The number of hydrogen-bond donors (Lipinski definition) is 1. The molecule has 4 aromatic rings. The molecule has 0 saturated carbocycles. The number of benzene rings is 2. The number of nitrogens with zero attached hydrogens (tertiary/aromatic N) is 2. The molecular weight excluding hydrogens is 310 g/mol. The minimum atomic E-state index is -0.153. The fourth-order valence-corrected chi connectivity index (χ4v) is 3.05. The first-order valence-electron chi connectivity index (χ1n) is 8.15. The third-order valence-corrected chi connectivity index (χ3v) is 4.22. The van der Waals surface area contributed by atoms with Crippen molar-refractivity contribution in [3.05, 3.63) is 77.6 Å². The van der Waals surface area contributed by atoms with Gasteiger partial charge in [0.05, 0.1) is 22.3 Å². The maximum atomic E-state index is 13.0. The largest absolute Gasteiger partial charge is 0.320 e. The first-order chi connectivity index (χ1) is 12.1. The summed E-state index contributed by atoms with van der Waals surface area (Å²) in [5.41, 5.74) is 4.85. The summed E-state index contributed by atoms with van der Waals surface area (Å²) in [7, 11) is 0. The summed E-state index contributed by atoms with van der Waals surface area (Å²) in [5.74, 6) is -0.153. The molecule has 2 aromatic heterocycles. The Morgan fingerprint density at radius 2 is 1.84 bits per heavy atom. The minimum Gasteiger partial charge on any atom is -0.320 e. The standard InChI is InChI=1S/C21H17N3O/c1-13-8-9-18-16(11-13)17(12-14(2)23-18)21(25)24-19-7-3-5-15-6-4-10-22-20(15)19/h3-12H,1-2H3,(H,24,25). The van der Waals surface area contributed by atoms with Gasteiger partial charge >= 0.3 is 0 Å². The SMILES string of the molecule is Cc1ccc2nc(C)cc(C(=O)Nc3cccc4cccnc34)c2c1. The molecule has 4 nitrogen and oxygen atoms in total. The van der Waals surface area contributed by atoms with E-state index in [2.05, 4.69) is 15.3 Å². The van der Waals surface area contributed by atoms with Crippen LogP contribution in [0.3, 0.4) is 0 Å². The number of rotatable bonds is 2. The molecule has 2 aromatic carbocycles. The maximum absolute atomic E-state index is 13.0. The van der Waals surface area contributed by atoms with Crippen molar-refractivity contribution in [1.82, 2.24) is 9.97 Å². The molecule has 25 heavy (non-hydrogen) atoms. The molecule has 4 heteroatoms. The number of para-hydroxylation sites is 1. The average Bonchev–Trinajstić information content (AvgIpc) is 2.61. The second-order valence-electron chi connectivity index (χ2n) is 6.17. The fraction of sp³-hybridized carbons (Fsp3) is 0.0952. The summed E-state index contributed by atoms with van der Waals surface area (Å²) >= 11 is 0. The number of fused-ring (bicyclic) bond motifs is 2. The Kier molecular flexibility index (Phi) is 3.65. The lowest BCUT2D eigenvalue weighted by Gasteiger charge is -2.11. The van der Waals surface area contributed by atoms with Crippen LogP contribution in [-0.4, -0.2) is 15.9 Å². The molecule has 2 heterocycles. The summed E-state index contributed by atoms with van der Waals surface area (Å²) in [6.45, 7) is 3.91. The topological polar surface area (TPSA) is 54.9 Å². The van der Waals surface area contributed by atoms with Gasteiger partial charge in [0.1, 0.15) is 0 Å². The molecule has 122 valence electrons. The van der Waals surface area contributed by atoms with E-state index < -0.39 is 0 Å². The van der Waals surface area contributed by atoms with Crippen molar-refractivity contribution in [3.8, 4) is 0 Å². The quantitative estimate of drug-likeness (QED) is 0.583. The molecule has 0 fully saturated rings. The van der Waals surface area contributed by atoms with E-state index in [1.807, 2.05) is 68.4 Å². The van der Waals surface area contributed by atoms with Crippen LogP contribution >= 0.6 is 0 Å². The molecule has 0 radical (unpaired) electrons. The van der Waals surface area contributed by atoms with Crippen LogP contribution in [-0.2, 0) is 0 Å². The van der Waals surface area contributed by atoms with Crippen molar-refractivity contribution in [2.24, 2.45) is 0 Å². The van der Waals surface area contributed by atoms with Crippen molar-refractivity contribution in [1.29, 1.82) is 0 Å². The number of anilines is 1. The highest BCUT2D eigenvalue weighted by Crippen LogP contribution is 2.24. The van der Waals surface area contributed by atoms with E-state index in [4.69, 9.17) is 0 Å². The van der Waals surface area contributed by atoms with E-state index in [1.54, 1.807) is 6.20 Å². The van der Waals surface area contributed by atoms with Gasteiger partial charge in [-0.15, -0.1) is 0 Å². The van der Waals surface area contributed by atoms with Crippen LogP contribution in [0.5, 0.6) is 0 Å². The highest BCUT2D eigenvalue weighted by atomic mass is 16.1. The molecule has 0 atom stereocenters. The van der Waals surface area contributed by atoms with Crippen LogP contribution in [0.4, 0.5) is 5.69 Å². The summed E-state index contributed by atoms with van der Waals surface area (Å²) in [4.78, 5) is 21.9. The second kappa shape index (κ2) is 5.98. The van der Waals surface area contributed by atoms with Gasteiger partial charge in [0, 0.05) is 22.7 Å². The van der Waals surface area contributed by atoms with Gasteiger partial charge in [-0.3, -0.25) is 14.8 Å². The molecule has 4 rings (SSSR count). The Hall–Kier alpha value is -3.27. The third kappa shape index (κ3) is 2.83. The number of carbonyl (C=O) groups is 1. The molecule has 0 saturated heterocycles. The van der Waals surface area contributed by atoms with Gasteiger partial charge in [-0.05, 0) is 44.2 Å². The second-order valence-corrected chi connectivity index (χ2v) is 6.17. The maximum Gasteiger partial charge on any atom is 0.256 e.